The quantitative estimate of drug-likeness (QED) is 0.852. The molecule has 2 atom stereocenters. The largest absolute Gasteiger partial charge is 0.379 e. The highest BCUT2D eigenvalue weighted by atomic mass is 32.2. The summed E-state index contributed by atoms with van der Waals surface area (Å²) in [6, 6.07) is 9.72. The fraction of sp³-hybridized carbons (Fsp3) is 0.571. The van der Waals surface area contributed by atoms with E-state index < -0.39 is 10.2 Å². The number of ether oxygens (including phenoxy) is 1. The van der Waals surface area contributed by atoms with Gasteiger partial charge in [-0.25, -0.2) is 0 Å². The molecule has 0 aromatic heterocycles. The molecule has 0 spiro atoms. The molecule has 0 unspecified atom stereocenters. The third kappa shape index (κ3) is 2.97. The summed E-state index contributed by atoms with van der Waals surface area (Å²) < 4.78 is 33.5. The van der Waals surface area contributed by atoms with Crippen molar-refractivity contribution in [1.29, 1.82) is 0 Å². The first-order chi connectivity index (χ1) is 10.1. The molecule has 21 heavy (non-hydrogen) atoms. The fourth-order valence-corrected chi connectivity index (χ4v) is 4.62. The number of hydrogen-bond acceptors (Lipinski definition) is 4. The Bertz CT molecular complexity index is 572. The Labute approximate surface area is 125 Å². The van der Waals surface area contributed by atoms with Crippen molar-refractivity contribution in [3.8, 4) is 0 Å². The van der Waals surface area contributed by atoms with E-state index in [2.05, 4.69) is 0 Å². The lowest BCUT2D eigenvalue weighted by Crippen LogP contribution is -2.48. The molecule has 2 saturated heterocycles. The molecule has 116 valence electrons. The van der Waals surface area contributed by atoms with Gasteiger partial charge in [-0.3, -0.25) is 0 Å². The second-order valence-corrected chi connectivity index (χ2v) is 7.45. The molecule has 7 heteroatoms. The summed E-state index contributed by atoms with van der Waals surface area (Å²) in [5.41, 5.74) is 7.28. The number of nitrogens with two attached hydrogens (primary N) is 1. The van der Waals surface area contributed by atoms with E-state index in [-0.39, 0.29) is 12.0 Å². The summed E-state index contributed by atoms with van der Waals surface area (Å²) in [6.07, 6.45) is 0. The lowest BCUT2D eigenvalue weighted by molar-refractivity contribution is 0.0705. The molecule has 2 N–H and O–H groups in total. The summed E-state index contributed by atoms with van der Waals surface area (Å²) >= 11 is 0. The van der Waals surface area contributed by atoms with Crippen molar-refractivity contribution in [2.24, 2.45) is 5.73 Å². The molecule has 3 rings (SSSR count). The maximum absolute atomic E-state index is 12.7. The van der Waals surface area contributed by atoms with Crippen LogP contribution in [-0.2, 0) is 14.9 Å². The van der Waals surface area contributed by atoms with Crippen LogP contribution in [0.5, 0.6) is 0 Å². The fourth-order valence-electron chi connectivity index (χ4n) is 2.97. The van der Waals surface area contributed by atoms with Gasteiger partial charge in [-0.2, -0.15) is 17.0 Å². The van der Waals surface area contributed by atoms with E-state index in [9.17, 15) is 8.42 Å². The first-order valence-corrected chi connectivity index (χ1v) is 8.62. The van der Waals surface area contributed by atoms with E-state index in [0.29, 0.717) is 39.4 Å². The lowest BCUT2D eigenvalue weighted by Gasteiger charge is -2.30. The van der Waals surface area contributed by atoms with E-state index >= 15 is 0 Å². The highest BCUT2D eigenvalue weighted by molar-refractivity contribution is 7.86. The van der Waals surface area contributed by atoms with E-state index in [4.69, 9.17) is 10.5 Å². The van der Waals surface area contributed by atoms with Crippen LogP contribution in [0.25, 0.3) is 0 Å². The Morgan fingerprint density at radius 3 is 2.38 bits per heavy atom. The van der Waals surface area contributed by atoms with Gasteiger partial charge in [0.2, 0.25) is 0 Å². The minimum atomic E-state index is -3.43. The molecular formula is C14H21N3O3S. The second-order valence-electron chi connectivity index (χ2n) is 5.52. The predicted octanol–water partition coefficient (Wildman–Crippen LogP) is -0.00990. The number of hydrogen-bond donors (Lipinski definition) is 1. The van der Waals surface area contributed by atoms with Crippen molar-refractivity contribution >= 4 is 10.2 Å². The third-order valence-corrected chi connectivity index (χ3v) is 6.15. The first-order valence-electron chi connectivity index (χ1n) is 7.22. The van der Waals surface area contributed by atoms with Gasteiger partial charge in [-0.15, -0.1) is 0 Å². The van der Waals surface area contributed by atoms with Gasteiger partial charge in [0.1, 0.15) is 0 Å². The van der Waals surface area contributed by atoms with Crippen LogP contribution in [-0.4, -0.2) is 62.5 Å². The van der Waals surface area contributed by atoms with Crippen LogP contribution in [0.1, 0.15) is 11.5 Å². The van der Waals surface area contributed by atoms with Crippen LogP contribution in [0.4, 0.5) is 0 Å². The molecule has 2 fully saturated rings. The van der Waals surface area contributed by atoms with Crippen LogP contribution in [0, 0.1) is 0 Å². The maximum atomic E-state index is 12.7. The molecule has 6 nitrogen and oxygen atoms in total. The van der Waals surface area contributed by atoms with Crippen LogP contribution >= 0.6 is 0 Å². The van der Waals surface area contributed by atoms with Gasteiger partial charge in [0.15, 0.2) is 0 Å². The van der Waals surface area contributed by atoms with Crippen LogP contribution in [0.15, 0.2) is 30.3 Å². The highest BCUT2D eigenvalue weighted by Gasteiger charge is 2.40. The summed E-state index contributed by atoms with van der Waals surface area (Å²) in [6.45, 7) is 2.58. The van der Waals surface area contributed by atoms with Crippen molar-refractivity contribution in [2.45, 2.75) is 12.0 Å². The zero-order chi connectivity index (χ0) is 14.9. The monoisotopic (exact) mass is 311 g/mol. The van der Waals surface area contributed by atoms with E-state index in [1.807, 2.05) is 30.3 Å². The zero-order valence-corrected chi connectivity index (χ0v) is 12.7. The lowest BCUT2D eigenvalue weighted by atomic mass is 9.95. The van der Waals surface area contributed by atoms with Crippen molar-refractivity contribution < 1.29 is 13.2 Å². The summed E-state index contributed by atoms with van der Waals surface area (Å²) in [5, 5.41) is 0. The molecule has 1 aromatic rings. The van der Waals surface area contributed by atoms with Gasteiger partial charge in [-0.1, -0.05) is 30.3 Å². The normalized spacial score (nSPS) is 28.8. The number of rotatable bonds is 3. The summed E-state index contributed by atoms with van der Waals surface area (Å²) in [4.78, 5) is 0. The van der Waals surface area contributed by atoms with Gasteiger partial charge < -0.3 is 10.5 Å². The average Bonchev–Trinajstić information content (AvgIpc) is 2.92. The topological polar surface area (TPSA) is 75.9 Å². The summed E-state index contributed by atoms with van der Waals surface area (Å²) in [7, 11) is -3.43. The Morgan fingerprint density at radius 1 is 1.05 bits per heavy atom. The molecule has 0 amide bonds. The predicted molar refractivity (Wildman–Crippen MR) is 80.0 cm³/mol. The van der Waals surface area contributed by atoms with Crippen LogP contribution in [0.2, 0.25) is 0 Å². The van der Waals surface area contributed by atoms with Crippen molar-refractivity contribution in [3.63, 3.8) is 0 Å². The SMILES string of the molecule is N[C@H]1CN(S(=O)(=O)N2CCOCC2)C[C@@H]1c1ccccc1. The van der Waals surface area contributed by atoms with Crippen LogP contribution in [0.3, 0.4) is 0 Å². The third-order valence-electron chi connectivity index (χ3n) is 4.18. The molecule has 1 aromatic carbocycles. The Kier molecular flexibility index (Phi) is 4.28. The Hall–Kier alpha value is -0.990. The van der Waals surface area contributed by atoms with Crippen molar-refractivity contribution in [3.05, 3.63) is 35.9 Å². The first kappa shape index (κ1) is 14.9. The summed E-state index contributed by atoms with van der Waals surface area (Å²) in [5.74, 6) is 0.0574. The van der Waals surface area contributed by atoms with E-state index in [0.717, 1.165) is 5.56 Å². The molecule has 2 aliphatic heterocycles. The number of benzene rings is 1. The molecule has 2 aliphatic rings. The number of morpholine rings is 1. The smallest absolute Gasteiger partial charge is 0.282 e. The van der Waals surface area contributed by atoms with Gasteiger partial charge in [0.05, 0.1) is 13.2 Å². The Morgan fingerprint density at radius 2 is 1.71 bits per heavy atom. The van der Waals surface area contributed by atoms with E-state index in [1.165, 1.54) is 8.61 Å². The molecular weight excluding hydrogens is 290 g/mol. The van der Waals surface area contributed by atoms with Gasteiger partial charge in [-0.05, 0) is 5.56 Å². The van der Waals surface area contributed by atoms with Gasteiger partial charge in [0, 0.05) is 38.1 Å². The molecule has 0 bridgehead atoms. The standard InChI is InChI=1S/C14H21N3O3S/c15-14-11-17(10-13(14)12-4-2-1-3-5-12)21(18,19)16-6-8-20-9-7-16/h1-5,13-14H,6-11,15H2/t13-,14+/m1/s1. The van der Waals surface area contributed by atoms with Crippen LogP contribution < -0.4 is 5.73 Å². The average molecular weight is 311 g/mol. The highest BCUT2D eigenvalue weighted by Crippen LogP contribution is 2.29. The zero-order valence-electron chi connectivity index (χ0n) is 11.9. The van der Waals surface area contributed by atoms with Gasteiger partial charge in [0.25, 0.3) is 10.2 Å². The molecule has 0 saturated carbocycles. The van der Waals surface area contributed by atoms with E-state index in [1.54, 1.807) is 0 Å². The molecule has 0 aliphatic carbocycles. The van der Waals surface area contributed by atoms with Gasteiger partial charge >= 0.3 is 0 Å². The Balaban J connectivity index is 1.76. The molecule has 0 radical (unpaired) electrons. The minimum absolute atomic E-state index is 0.0574. The molecule has 2 heterocycles. The number of nitrogens with zero attached hydrogens (tertiary/aromatic N) is 2. The van der Waals surface area contributed by atoms with Crippen molar-refractivity contribution in [1.82, 2.24) is 8.61 Å². The minimum Gasteiger partial charge on any atom is -0.379 e. The van der Waals surface area contributed by atoms with Crippen molar-refractivity contribution in [2.75, 3.05) is 39.4 Å². The maximum Gasteiger partial charge on any atom is 0.282 e. The second kappa shape index (κ2) is 6.02.